The number of nitrogens with one attached hydrogen (secondary N) is 1. The number of nitrogens with zero attached hydrogens (tertiary/aromatic N) is 2. The summed E-state index contributed by atoms with van der Waals surface area (Å²) in [6.07, 6.45) is 0.584. The van der Waals surface area contributed by atoms with Crippen molar-refractivity contribution in [2.45, 2.75) is 33.9 Å². The Labute approximate surface area is 231 Å². The minimum absolute atomic E-state index is 0.0107. The Hall–Kier alpha value is -2.72. The van der Waals surface area contributed by atoms with Gasteiger partial charge in [0.2, 0.25) is 0 Å². The van der Waals surface area contributed by atoms with Gasteiger partial charge in [-0.05, 0) is 35.6 Å². The van der Waals surface area contributed by atoms with E-state index in [1.54, 1.807) is 24.3 Å². The van der Waals surface area contributed by atoms with Crippen molar-refractivity contribution in [1.82, 2.24) is 0 Å². The lowest BCUT2D eigenvalue weighted by Crippen LogP contribution is -2.31. The molecule has 2 aliphatic rings. The molecule has 0 spiro atoms. The molecule has 1 aliphatic carbocycles. The second-order valence-corrected chi connectivity index (χ2v) is 11.5. The molecule has 1 N–H and O–H groups in total. The molecule has 1 fully saturated rings. The van der Waals surface area contributed by atoms with E-state index in [4.69, 9.17) is 39.5 Å². The van der Waals surface area contributed by atoms with Crippen molar-refractivity contribution in [2.75, 3.05) is 12.4 Å². The number of nitro groups is 2. The first-order chi connectivity index (χ1) is 17.7. The van der Waals surface area contributed by atoms with Crippen LogP contribution >= 0.6 is 46.6 Å². The molecule has 0 amide bonds. The number of halogens is 3. The Morgan fingerprint density at radius 2 is 1.78 bits per heavy atom. The zero-order valence-corrected chi connectivity index (χ0v) is 22.4. The van der Waals surface area contributed by atoms with Crippen molar-refractivity contribution in [2.24, 2.45) is 5.92 Å². The second-order valence-electron chi connectivity index (χ2n) is 8.89. The molecule has 0 radical (unpaired) electrons. The summed E-state index contributed by atoms with van der Waals surface area (Å²) in [6.45, 7) is 0. The molecular formula is C25H20Cl3N3O5S. The quantitative estimate of drug-likeness (QED) is 0.180. The van der Waals surface area contributed by atoms with Crippen molar-refractivity contribution in [1.29, 1.82) is 0 Å². The molecule has 0 saturated heterocycles. The van der Waals surface area contributed by atoms with Gasteiger partial charge in [0.1, 0.15) is 5.75 Å². The first-order valence-corrected chi connectivity index (χ1v) is 13.4. The smallest absolute Gasteiger partial charge is 0.282 e. The maximum atomic E-state index is 11.7. The summed E-state index contributed by atoms with van der Waals surface area (Å²) in [5.74, 6) is -0.116. The van der Waals surface area contributed by atoms with E-state index in [2.05, 4.69) is 5.32 Å². The van der Waals surface area contributed by atoms with Crippen LogP contribution in [-0.2, 0) is 0 Å². The van der Waals surface area contributed by atoms with Crippen molar-refractivity contribution in [3.8, 4) is 5.75 Å². The number of methoxy groups -OCH3 is 1. The van der Waals surface area contributed by atoms with Crippen LogP contribution in [0.25, 0.3) is 0 Å². The summed E-state index contributed by atoms with van der Waals surface area (Å²) in [5.41, 5.74) is 1.97. The molecule has 37 heavy (non-hydrogen) atoms. The van der Waals surface area contributed by atoms with E-state index >= 15 is 0 Å². The van der Waals surface area contributed by atoms with E-state index in [-0.39, 0.29) is 34.5 Å². The summed E-state index contributed by atoms with van der Waals surface area (Å²) in [7, 11) is 1.45. The Bertz CT molecular complexity index is 1410. The van der Waals surface area contributed by atoms with Gasteiger partial charge in [0.05, 0.1) is 55.1 Å². The van der Waals surface area contributed by atoms with Gasteiger partial charge in [-0.15, -0.1) is 23.4 Å². The number of fused-ring (bicyclic) bond motifs is 3. The minimum atomic E-state index is -0.483. The van der Waals surface area contributed by atoms with Gasteiger partial charge in [-0.25, -0.2) is 0 Å². The molecule has 5 atom stereocenters. The highest BCUT2D eigenvalue weighted by molar-refractivity contribution is 8.00. The first-order valence-electron chi connectivity index (χ1n) is 11.3. The van der Waals surface area contributed by atoms with Crippen molar-refractivity contribution in [3.63, 3.8) is 0 Å². The molecule has 192 valence electrons. The van der Waals surface area contributed by atoms with Gasteiger partial charge in [0, 0.05) is 23.3 Å². The van der Waals surface area contributed by atoms with Gasteiger partial charge in [-0.3, -0.25) is 20.2 Å². The Morgan fingerprint density at radius 1 is 1.03 bits per heavy atom. The topological polar surface area (TPSA) is 108 Å². The number of hydrogen-bond donors (Lipinski definition) is 1. The van der Waals surface area contributed by atoms with Crippen molar-refractivity contribution in [3.05, 3.63) is 96.0 Å². The van der Waals surface area contributed by atoms with E-state index in [0.717, 1.165) is 5.56 Å². The normalized spacial score (nSPS) is 24.1. The van der Waals surface area contributed by atoms with Gasteiger partial charge in [0.15, 0.2) is 0 Å². The lowest BCUT2D eigenvalue weighted by Gasteiger charge is -2.39. The third kappa shape index (κ3) is 4.58. The summed E-state index contributed by atoms with van der Waals surface area (Å²) in [6, 6.07) is 14.5. The molecule has 3 aromatic rings. The van der Waals surface area contributed by atoms with Crippen molar-refractivity contribution < 1.29 is 14.6 Å². The molecule has 1 heterocycles. The minimum Gasteiger partial charge on any atom is -0.494 e. The number of benzene rings is 3. The fourth-order valence-corrected chi connectivity index (χ4v) is 7.75. The third-order valence-corrected chi connectivity index (χ3v) is 9.90. The van der Waals surface area contributed by atoms with Gasteiger partial charge >= 0.3 is 0 Å². The maximum absolute atomic E-state index is 11.7. The van der Waals surface area contributed by atoms with E-state index < -0.39 is 15.2 Å². The average Bonchev–Trinajstić information content (AvgIpc) is 3.20. The third-order valence-electron chi connectivity index (χ3n) is 6.96. The number of rotatable bonds is 6. The summed E-state index contributed by atoms with van der Waals surface area (Å²) in [5, 5.41) is 26.9. The number of ether oxygens (including phenoxy) is 1. The number of anilines is 1. The molecule has 1 aliphatic heterocycles. The predicted molar refractivity (Wildman–Crippen MR) is 146 cm³/mol. The lowest BCUT2D eigenvalue weighted by atomic mass is 9.77. The SMILES string of the molecule is COc1cc([N+](=O)[O-])cc2c1N[C@H](c1cccc(Cl)c1Cl)[C@@H]1C[C@H](Sc3ccccc3[N+](=O)[O-])[C@H](Cl)[C@H]21. The standard InChI is InChI=1S/C25H20Cl3N3O5S/c1-36-18-10-12(30(32)33)9-14-21-15(24(29-25(14)18)13-5-4-6-16(26)22(13)27)11-20(23(21)28)37-19-8-3-2-7-17(19)31(34)35/h2-10,15,20-21,23-24,29H,11H2,1H3/t15-,20+,21-,23+,24-/m1/s1. The zero-order chi connectivity index (χ0) is 26.4. The van der Waals surface area contributed by atoms with Gasteiger partial charge in [-0.2, -0.15) is 0 Å². The maximum Gasteiger partial charge on any atom is 0.282 e. The van der Waals surface area contributed by atoms with E-state index in [1.165, 1.54) is 37.1 Å². The van der Waals surface area contributed by atoms with Crippen LogP contribution in [0.4, 0.5) is 17.1 Å². The molecule has 5 rings (SSSR count). The number of non-ortho nitro benzene ring substituents is 1. The van der Waals surface area contributed by atoms with Crippen LogP contribution in [0, 0.1) is 26.1 Å². The van der Waals surface area contributed by atoms with E-state index in [9.17, 15) is 20.2 Å². The van der Waals surface area contributed by atoms with E-state index in [0.29, 0.717) is 38.4 Å². The Kier molecular flexibility index (Phi) is 7.15. The summed E-state index contributed by atoms with van der Waals surface area (Å²) < 4.78 is 5.54. The van der Waals surface area contributed by atoms with Crippen LogP contribution in [0.1, 0.15) is 29.5 Å². The van der Waals surface area contributed by atoms with Crippen LogP contribution in [0.2, 0.25) is 10.0 Å². The number of nitro benzene ring substituents is 2. The molecule has 12 heteroatoms. The fraction of sp³-hybridized carbons (Fsp3) is 0.280. The summed E-state index contributed by atoms with van der Waals surface area (Å²) >= 11 is 21.5. The average molecular weight is 581 g/mol. The van der Waals surface area contributed by atoms with Gasteiger partial charge in [0.25, 0.3) is 11.4 Å². The number of para-hydroxylation sites is 1. The summed E-state index contributed by atoms with van der Waals surface area (Å²) in [4.78, 5) is 23.0. The lowest BCUT2D eigenvalue weighted by molar-refractivity contribution is -0.387. The molecule has 0 bridgehead atoms. The molecule has 3 aromatic carbocycles. The van der Waals surface area contributed by atoms with Crippen LogP contribution in [0.5, 0.6) is 5.75 Å². The largest absolute Gasteiger partial charge is 0.494 e. The molecule has 0 aromatic heterocycles. The molecule has 8 nitrogen and oxygen atoms in total. The predicted octanol–water partition coefficient (Wildman–Crippen LogP) is 7.86. The molecule has 1 saturated carbocycles. The second kappa shape index (κ2) is 10.2. The van der Waals surface area contributed by atoms with Crippen LogP contribution in [0.15, 0.2) is 59.5 Å². The van der Waals surface area contributed by atoms with Gasteiger partial charge < -0.3 is 10.1 Å². The number of alkyl halides is 1. The van der Waals surface area contributed by atoms with Crippen molar-refractivity contribution >= 4 is 63.6 Å². The zero-order valence-electron chi connectivity index (χ0n) is 19.3. The monoisotopic (exact) mass is 579 g/mol. The fourth-order valence-electron chi connectivity index (χ4n) is 5.38. The Balaban J connectivity index is 1.63. The highest BCUT2D eigenvalue weighted by Crippen LogP contribution is 2.60. The van der Waals surface area contributed by atoms with Crippen LogP contribution in [-0.4, -0.2) is 27.6 Å². The highest BCUT2D eigenvalue weighted by atomic mass is 35.5. The molecule has 0 unspecified atom stereocenters. The Morgan fingerprint density at radius 3 is 2.49 bits per heavy atom. The highest BCUT2D eigenvalue weighted by Gasteiger charge is 2.52. The van der Waals surface area contributed by atoms with Crippen LogP contribution < -0.4 is 10.1 Å². The number of thioether (sulfide) groups is 1. The number of hydrogen-bond acceptors (Lipinski definition) is 7. The van der Waals surface area contributed by atoms with Gasteiger partial charge in [-0.1, -0.05) is 47.5 Å². The van der Waals surface area contributed by atoms with Crippen LogP contribution in [0.3, 0.4) is 0 Å². The molecular weight excluding hydrogens is 561 g/mol. The first kappa shape index (κ1) is 25.9. The van der Waals surface area contributed by atoms with E-state index in [1.807, 2.05) is 12.1 Å².